The predicted octanol–water partition coefficient (Wildman–Crippen LogP) is 3.92. The van der Waals surface area contributed by atoms with Gasteiger partial charge in [0.1, 0.15) is 15.4 Å². The topological polar surface area (TPSA) is 121 Å². The summed E-state index contributed by atoms with van der Waals surface area (Å²) in [5.41, 5.74) is 6.76. The largest absolute Gasteiger partial charge is 0.365 e. The first-order valence-electron chi connectivity index (χ1n) is 9.68. The lowest BCUT2D eigenvalue weighted by molar-refractivity contribution is -0.116. The van der Waals surface area contributed by atoms with Crippen LogP contribution in [0.5, 0.6) is 0 Å². The monoisotopic (exact) mass is 493 g/mol. The van der Waals surface area contributed by atoms with E-state index in [1.54, 1.807) is 31.0 Å². The number of halogens is 3. The Morgan fingerprint density at radius 1 is 1.30 bits per heavy atom. The summed E-state index contributed by atoms with van der Waals surface area (Å²) in [6, 6.07) is 1.25. The molecule has 0 atom stereocenters. The molecule has 2 amide bonds. The van der Waals surface area contributed by atoms with E-state index in [0.717, 1.165) is 11.3 Å². The number of primary amides is 1. The molecule has 0 aliphatic rings. The number of carbonyl (C=O) groups excluding carboxylic acids is 2. The second-order valence-corrected chi connectivity index (χ2v) is 8.70. The molecule has 172 valence electrons. The van der Waals surface area contributed by atoms with Crippen LogP contribution in [-0.2, 0) is 18.4 Å². The van der Waals surface area contributed by atoms with Crippen LogP contribution < -0.4 is 11.1 Å². The molecule has 0 aliphatic heterocycles. The molecule has 0 fully saturated rings. The summed E-state index contributed by atoms with van der Waals surface area (Å²) in [6.45, 7) is 1.98. The van der Waals surface area contributed by atoms with Gasteiger partial charge < -0.3 is 11.1 Å². The Hall–Kier alpha value is -3.38. The number of nitrogens with two attached hydrogens (primary N) is 1. The summed E-state index contributed by atoms with van der Waals surface area (Å²) < 4.78 is 30.2. The SMILES string of the molecule is Cc1nn(C)cc1-c1cc(C(F)F)nc2sc(C(N)=O)c(NC(=O)CCn3cc(Cl)cn3)c12. The number of aromatic nitrogens is 5. The zero-order valence-electron chi connectivity index (χ0n) is 17.5. The Labute approximate surface area is 195 Å². The van der Waals surface area contributed by atoms with E-state index >= 15 is 0 Å². The Bertz CT molecular complexity index is 1380. The zero-order chi connectivity index (χ0) is 23.9. The number of hydrogen-bond acceptors (Lipinski definition) is 6. The lowest BCUT2D eigenvalue weighted by atomic mass is 10.0. The minimum atomic E-state index is -2.83. The van der Waals surface area contributed by atoms with Crippen LogP contribution in [0.3, 0.4) is 0 Å². The van der Waals surface area contributed by atoms with E-state index in [1.165, 1.54) is 16.9 Å². The number of rotatable bonds is 7. The van der Waals surface area contributed by atoms with E-state index in [2.05, 4.69) is 20.5 Å². The van der Waals surface area contributed by atoms with Crippen LogP contribution >= 0.6 is 22.9 Å². The number of thiophene rings is 1. The minimum Gasteiger partial charge on any atom is -0.365 e. The molecule has 0 bridgehead atoms. The maximum atomic E-state index is 13.6. The van der Waals surface area contributed by atoms with Crippen molar-refractivity contribution in [3.05, 3.63) is 45.9 Å². The van der Waals surface area contributed by atoms with Crippen molar-refractivity contribution in [2.45, 2.75) is 26.3 Å². The molecule has 0 saturated carbocycles. The van der Waals surface area contributed by atoms with E-state index in [1.807, 2.05) is 0 Å². The number of aryl methyl sites for hydroxylation is 3. The molecule has 33 heavy (non-hydrogen) atoms. The standard InChI is InChI=1S/C20H18ClF2N7O2S/c1-9-12(8-29(2)28-9)11-5-13(18(22)23)26-20-15(11)16(17(33-20)19(24)32)27-14(31)3-4-30-7-10(21)6-25-30/h5-8,18H,3-4H2,1-2H3,(H2,24,32)(H,27,31). The molecule has 0 aromatic carbocycles. The number of anilines is 1. The first-order chi connectivity index (χ1) is 15.6. The number of fused-ring (bicyclic) bond motifs is 1. The highest BCUT2D eigenvalue weighted by atomic mass is 35.5. The molecule has 0 unspecified atom stereocenters. The number of hydrogen-bond donors (Lipinski definition) is 2. The van der Waals surface area contributed by atoms with Gasteiger partial charge in [-0.2, -0.15) is 10.2 Å². The Balaban J connectivity index is 1.81. The highest BCUT2D eigenvalue weighted by Crippen LogP contribution is 2.43. The van der Waals surface area contributed by atoms with Gasteiger partial charge in [-0.25, -0.2) is 13.8 Å². The first-order valence-corrected chi connectivity index (χ1v) is 10.9. The van der Waals surface area contributed by atoms with Gasteiger partial charge in [-0.1, -0.05) is 11.6 Å². The predicted molar refractivity (Wildman–Crippen MR) is 121 cm³/mol. The van der Waals surface area contributed by atoms with Gasteiger partial charge in [-0.05, 0) is 18.6 Å². The zero-order valence-corrected chi connectivity index (χ0v) is 19.0. The van der Waals surface area contributed by atoms with Crippen molar-refractivity contribution in [2.75, 3.05) is 5.32 Å². The summed E-state index contributed by atoms with van der Waals surface area (Å²) in [5.74, 6) is -1.23. The van der Waals surface area contributed by atoms with Crippen molar-refractivity contribution in [3.8, 4) is 11.1 Å². The van der Waals surface area contributed by atoms with Crippen LogP contribution in [0.25, 0.3) is 21.3 Å². The highest BCUT2D eigenvalue weighted by Gasteiger charge is 2.26. The van der Waals surface area contributed by atoms with Gasteiger partial charge in [-0.15, -0.1) is 11.3 Å². The number of alkyl halides is 2. The average molecular weight is 494 g/mol. The Morgan fingerprint density at radius 2 is 2.06 bits per heavy atom. The van der Waals surface area contributed by atoms with E-state index in [4.69, 9.17) is 17.3 Å². The van der Waals surface area contributed by atoms with Gasteiger partial charge in [0, 0.05) is 43.4 Å². The average Bonchev–Trinajstić information content (AvgIpc) is 3.42. The molecular formula is C20H18ClF2N7O2S. The summed E-state index contributed by atoms with van der Waals surface area (Å²) in [5, 5.41) is 11.8. The van der Waals surface area contributed by atoms with Gasteiger partial charge in [0.05, 0.1) is 22.6 Å². The fourth-order valence-corrected chi connectivity index (χ4v) is 4.65. The van der Waals surface area contributed by atoms with E-state index in [0.29, 0.717) is 27.2 Å². The third-order valence-electron chi connectivity index (χ3n) is 4.87. The van der Waals surface area contributed by atoms with Crippen LogP contribution in [-0.4, -0.2) is 36.4 Å². The van der Waals surface area contributed by atoms with Crippen molar-refractivity contribution < 1.29 is 18.4 Å². The van der Waals surface area contributed by atoms with Crippen LogP contribution in [0, 0.1) is 6.92 Å². The summed E-state index contributed by atoms with van der Waals surface area (Å²) in [7, 11) is 1.70. The van der Waals surface area contributed by atoms with Crippen LogP contribution in [0.2, 0.25) is 5.02 Å². The third kappa shape index (κ3) is 4.57. The van der Waals surface area contributed by atoms with Gasteiger partial charge in [0.2, 0.25) is 5.91 Å². The summed E-state index contributed by atoms with van der Waals surface area (Å²) in [4.78, 5) is 29.1. The van der Waals surface area contributed by atoms with Gasteiger partial charge in [0.15, 0.2) is 0 Å². The Kier molecular flexibility index (Phi) is 6.13. The molecule has 13 heteroatoms. The normalized spacial score (nSPS) is 11.5. The second kappa shape index (κ2) is 8.87. The van der Waals surface area contributed by atoms with Crippen molar-refractivity contribution in [3.63, 3.8) is 0 Å². The van der Waals surface area contributed by atoms with Gasteiger partial charge in [-0.3, -0.25) is 19.0 Å². The van der Waals surface area contributed by atoms with Gasteiger partial charge in [0.25, 0.3) is 12.3 Å². The second-order valence-electron chi connectivity index (χ2n) is 7.27. The number of carbonyl (C=O) groups is 2. The van der Waals surface area contributed by atoms with E-state index < -0.39 is 23.9 Å². The highest BCUT2D eigenvalue weighted by molar-refractivity contribution is 7.21. The lowest BCUT2D eigenvalue weighted by Gasteiger charge is -2.10. The molecule has 4 rings (SSSR count). The third-order valence-corrected chi connectivity index (χ3v) is 6.16. The summed E-state index contributed by atoms with van der Waals surface area (Å²) >= 11 is 6.68. The van der Waals surface area contributed by atoms with Crippen LogP contribution in [0.15, 0.2) is 24.7 Å². The fraction of sp³-hybridized carbons (Fsp3) is 0.250. The molecule has 0 radical (unpaired) electrons. The lowest BCUT2D eigenvalue weighted by Crippen LogP contribution is -2.18. The van der Waals surface area contributed by atoms with Crippen molar-refractivity contribution in [1.29, 1.82) is 0 Å². The number of pyridine rings is 1. The minimum absolute atomic E-state index is 0.0159. The van der Waals surface area contributed by atoms with Crippen molar-refractivity contribution in [1.82, 2.24) is 24.5 Å². The fourth-order valence-electron chi connectivity index (χ4n) is 3.48. The number of nitrogens with zero attached hydrogens (tertiary/aromatic N) is 5. The van der Waals surface area contributed by atoms with Crippen LogP contribution in [0.1, 0.15) is 33.9 Å². The smallest absolute Gasteiger partial charge is 0.280 e. The maximum absolute atomic E-state index is 13.6. The molecule has 4 heterocycles. The van der Waals surface area contributed by atoms with Crippen LogP contribution in [0.4, 0.5) is 14.5 Å². The molecule has 4 aromatic heterocycles. The van der Waals surface area contributed by atoms with E-state index in [9.17, 15) is 18.4 Å². The van der Waals surface area contributed by atoms with E-state index in [-0.39, 0.29) is 28.4 Å². The van der Waals surface area contributed by atoms with Crippen molar-refractivity contribution >= 4 is 50.7 Å². The van der Waals surface area contributed by atoms with Gasteiger partial charge >= 0.3 is 0 Å². The molecular weight excluding hydrogens is 476 g/mol. The maximum Gasteiger partial charge on any atom is 0.280 e. The molecule has 9 nitrogen and oxygen atoms in total. The molecule has 4 aromatic rings. The number of nitrogens with one attached hydrogen (secondary N) is 1. The quantitative estimate of drug-likeness (QED) is 0.404. The molecule has 3 N–H and O–H groups in total. The molecule has 0 aliphatic carbocycles. The molecule has 0 spiro atoms. The van der Waals surface area contributed by atoms with Crippen molar-refractivity contribution in [2.24, 2.45) is 12.8 Å². The number of amides is 2. The summed E-state index contributed by atoms with van der Waals surface area (Å²) in [6.07, 6.45) is 1.89. The molecule has 0 saturated heterocycles. The first kappa shape index (κ1) is 22.8. The Morgan fingerprint density at radius 3 is 2.64 bits per heavy atom.